The molecule has 1 aliphatic rings. The number of hydrogen-bond acceptors (Lipinski definition) is 3. The van der Waals surface area contributed by atoms with Crippen LogP contribution >= 0.6 is 0 Å². The zero-order chi connectivity index (χ0) is 17.1. The van der Waals surface area contributed by atoms with Crippen molar-refractivity contribution in [3.63, 3.8) is 0 Å². The van der Waals surface area contributed by atoms with Crippen LogP contribution in [-0.4, -0.2) is 5.91 Å². The number of hydrogen-bond donors (Lipinski definition) is 2. The topological polar surface area (TPSA) is 50.4 Å². The van der Waals surface area contributed by atoms with Gasteiger partial charge in [-0.25, -0.2) is 0 Å². The molecule has 0 radical (unpaired) electrons. The van der Waals surface area contributed by atoms with E-state index in [0.29, 0.717) is 12.2 Å². The van der Waals surface area contributed by atoms with Crippen LogP contribution in [0.3, 0.4) is 0 Å². The maximum atomic E-state index is 12.4. The summed E-state index contributed by atoms with van der Waals surface area (Å²) in [6.07, 6.45) is -0.325. The molecular weight excluding hydrogens is 312 g/mol. The molecule has 0 fully saturated rings. The number of nitrogens with one attached hydrogen (secondary N) is 2. The van der Waals surface area contributed by atoms with E-state index in [2.05, 4.69) is 10.6 Å². The smallest absolute Gasteiger partial charge is 0.255 e. The van der Waals surface area contributed by atoms with E-state index < -0.39 is 0 Å². The molecule has 4 nitrogen and oxygen atoms in total. The van der Waals surface area contributed by atoms with Gasteiger partial charge in [-0.2, -0.15) is 0 Å². The fourth-order valence-electron chi connectivity index (χ4n) is 2.95. The highest BCUT2D eigenvalue weighted by molar-refractivity contribution is 6.01. The molecule has 0 aromatic heterocycles. The molecular formula is C21H18N2O2. The van der Waals surface area contributed by atoms with Crippen LogP contribution in [0.5, 0.6) is 5.75 Å². The largest absolute Gasteiger partial charge is 0.488 e. The zero-order valence-corrected chi connectivity index (χ0v) is 13.6. The molecule has 1 unspecified atom stereocenters. The Labute approximate surface area is 146 Å². The average molecular weight is 330 g/mol. The van der Waals surface area contributed by atoms with Crippen molar-refractivity contribution in [3.8, 4) is 5.75 Å². The van der Waals surface area contributed by atoms with E-state index >= 15 is 0 Å². The Morgan fingerprint density at radius 2 is 1.52 bits per heavy atom. The van der Waals surface area contributed by atoms with E-state index in [0.717, 1.165) is 22.6 Å². The normalized spacial score (nSPS) is 15.7. The number of rotatable bonds is 4. The summed E-state index contributed by atoms with van der Waals surface area (Å²) in [5.74, 6) is 0.667. The van der Waals surface area contributed by atoms with Gasteiger partial charge in [0.15, 0.2) is 0 Å². The number of ether oxygens (including phenoxy) is 1. The minimum absolute atomic E-state index is 0.0859. The first-order chi connectivity index (χ1) is 12.3. The second-order valence-electron chi connectivity index (χ2n) is 5.91. The van der Waals surface area contributed by atoms with E-state index in [1.165, 1.54) is 0 Å². The molecule has 0 bridgehead atoms. The first-order valence-corrected chi connectivity index (χ1v) is 8.23. The van der Waals surface area contributed by atoms with Gasteiger partial charge in [-0.15, -0.1) is 0 Å². The van der Waals surface area contributed by atoms with Crippen molar-refractivity contribution in [1.29, 1.82) is 0 Å². The van der Waals surface area contributed by atoms with Crippen LogP contribution in [0.1, 0.15) is 27.7 Å². The first-order valence-electron chi connectivity index (χ1n) is 8.23. The Kier molecular flexibility index (Phi) is 4.09. The number of carbonyl (C=O) groups excluding carboxylic acids is 1. The van der Waals surface area contributed by atoms with Crippen molar-refractivity contribution >= 4 is 11.6 Å². The molecule has 124 valence electrons. The van der Waals surface area contributed by atoms with Crippen molar-refractivity contribution < 1.29 is 9.53 Å². The van der Waals surface area contributed by atoms with Gasteiger partial charge in [0.25, 0.3) is 5.91 Å². The van der Waals surface area contributed by atoms with Gasteiger partial charge in [0.2, 0.25) is 0 Å². The summed E-state index contributed by atoms with van der Waals surface area (Å²) in [6.45, 7) is 0.481. The Balaban J connectivity index is 1.58. The van der Waals surface area contributed by atoms with Gasteiger partial charge in [0, 0.05) is 11.3 Å². The quantitative estimate of drug-likeness (QED) is 0.756. The van der Waals surface area contributed by atoms with Crippen molar-refractivity contribution in [2.24, 2.45) is 0 Å². The molecule has 0 aliphatic carbocycles. The Morgan fingerprint density at radius 1 is 0.800 bits per heavy atom. The third-order valence-corrected chi connectivity index (χ3v) is 4.21. The number of benzene rings is 3. The zero-order valence-electron chi connectivity index (χ0n) is 13.6. The van der Waals surface area contributed by atoms with Crippen LogP contribution in [0, 0.1) is 0 Å². The molecule has 4 rings (SSSR count). The van der Waals surface area contributed by atoms with E-state index in [4.69, 9.17) is 4.74 Å². The summed E-state index contributed by atoms with van der Waals surface area (Å²) in [5, 5.41) is 6.37. The van der Waals surface area contributed by atoms with Crippen molar-refractivity contribution in [2.45, 2.75) is 12.8 Å². The number of amides is 1. The maximum Gasteiger partial charge on any atom is 0.255 e. The second-order valence-corrected chi connectivity index (χ2v) is 5.91. The van der Waals surface area contributed by atoms with Crippen LogP contribution in [0.2, 0.25) is 0 Å². The molecule has 2 N–H and O–H groups in total. The highest BCUT2D eigenvalue weighted by atomic mass is 16.5. The predicted molar refractivity (Wildman–Crippen MR) is 97.5 cm³/mol. The average Bonchev–Trinajstić information content (AvgIpc) is 2.67. The highest BCUT2D eigenvalue weighted by Crippen LogP contribution is 2.31. The fourth-order valence-corrected chi connectivity index (χ4v) is 2.95. The minimum Gasteiger partial charge on any atom is -0.488 e. The molecule has 1 amide bonds. The summed E-state index contributed by atoms with van der Waals surface area (Å²) in [7, 11) is 0. The van der Waals surface area contributed by atoms with Gasteiger partial charge < -0.3 is 15.4 Å². The Morgan fingerprint density at radius 3 is 2.40 bits per heavy atom. The maximum absolute atomic E-state index is 12.4. The predicted octanol–water partition coefficient (Wildman–Crippen LogP) is 4.12. The molecule has 3 aromatic carbocycles. The van der Waals surface area contributed by atoms with Crippen LogP contribution in [0.4, 0.5) is 5.69 Å². The van der Waals surface area contributed by atoms with E-state index in [1.807, 2.05) is 78.9 Å². The van der Waals surface area contributed by atoms with Crippen LogP contribution in [-0.2, 0) is 6.61 Å². The minimum atomic E-state index is -0.325. The number of fused-ring (bicyclic) bond motifs is 1. The van der Waals surface area contributed by atoms with Gasteiger partial charge in [0.1, 0.15) is 18.5 Å². The molecule has 4 heteroatoms. The summed E-state index contributed by atoms with van der Waals surface area (Å²) in [4.78, 5) is 12.4. The highest BCUT2D eigenvalue weighted by Gasteiger charge is 2.26. The molecule has 1 aliphatic heterocycles. The van der Waals surface area contributed by atoms with Gasteiger partial charge in [-0.05, 0) is 23.8 Å². The van der Waals surface area contributed by atoms with E-state index in [9.17, 15) is 4.79 Å². The van der Waals surface area contributed by atoms with Crippen molar-refractivity contribution in [2.75, 3.05) is 5.32 Å². The van der Waals surface area contributed by atoms with Gasteiger partial charge in [0.05, 0.1) is 5.56 Å². The Bertz CT molecular complexity index is 893. The molecule has 0 spiro atoms. The van der Waals surface area contributed by atoms with E-state index in [-0.39, 0.29) is 12.1 Å². The summed E-state index contributed by atoms with van der Waals surface area (Å²) < 4.78 is 6.01. The van der Waals surface area contributed by atoms with Gasteiger partial charge in [-0.1, -0.05) is 60.7 Å². The number of carbonyl (C=O) groups is 1. The SMILES string of the molecule is O=C1NC(c2ccccc2OCc2ccccc2)Nc2ccccc21. The van der Waals surface area contributed by atoms with Crippen LogP contribution in [0.25, 0.3) is 0 Å². The molecule has 1 heterocycles. The molecule has 25 heavy (non-hydrogen) atoms. The van der Waals surface area contributed by atoms with Crippen molar-refractivity contribution in [3.05, 3.63) is 95.6 Å². The molecule has 1 atom stereocenters. The fraction of sp³-hybridized carbons (Fsp3) is 0.0952. The standard InChI is InChI=1S/C21H18N2O2/c24-21-16-10-4-6-12-18(16)22-20(23-21)17-11-5-7-13-19(17)25-14-15-8-2-1-3-9-15/h1-13,20,22H,14H2,(H,23,24). The molecule has 3 aromatic rings. The summed E-state index contributed by atoms with van der Waals surface area (Å²) in [5.41, 5.74) is 3.49. The van der Waals surface area contributed by atoms with Gasteiger partial charge >= 0.3 is 0 Å². The Hall–Kier alpha value is -3.27. The monoisotopic (exact) mass is 330 g/mol. The lowest BCUT2D eigenvalue weighted by molar-refractivity contribution is 0.0935. The summed E-state index contributed by atoms with van der Waals surface area (Å²) >= 11 is 0. The number of anilines is 1. The number of para-hydroxylation sites is 2. The summed E-state index contributed by atoms with van der Waals surface area (Å²) in [6, 6.07) is 25.3. The van der Waals surface area contributed by atoms with Crippen molar-refractivity contribution in [1.82, 2.24) is 5.32 Å². The molecule has 0 saturated carbocycles. The third kappa shape index (κ3) is 3.19. The lowest BCUT2D eigenvalue weighted by atomic mass is 10.1. The van der Waals surface area contributed by atoms with Crippen LogP contribution < -0.4 is 15.4 Å². The first kappa shape index (κ1) is 15.3. The van der Waals surface area contributed by atoms with E-state index in [1.54, 1.807) is 0 Å². The lowest BCUT2D eigenvalue weighted by Crippen LogP contribution is -2.38. The molecule has 0 saturated heterocycles. The van der Waals surface area contributed by atoms with Crippen LogP contribution in [0.15, 0.2) is 78.9 Å². The lowest BCUT2D eigenvalue weighted by Gasteiger charge is -2.29. The second kappa shape index (κ2) is 6.69. The third-order valence-electron chi connectivity index (χ3n) is 4.21. The van der Waals surface area contributed by atoms with Gasteiger partial charge in [-0.3, -0.25) is 4.79 Å².